The fourth-order valence-corrected chi connectivity index (χ4v) is 2.83. The van der Waals surface area contributed by atoms with Gasteiger partial charge in [-0.3, -0.25) is 4.79 Å². The molecule has 1 aromatic heterocycles. The minimum atomic E-state index is -3.02. The van der Waals surface area contributed by atoms with Crippen molar-refractivity contribution < 1.29 is 27.8 Å². The van der Waals surface area contributed by atoms with Gasteiger partial charge in [-0.1, -0.05) is 12.1 Å². The molecule has 0 saturated carbocycles. The smallest absolute Gasteiger partial charge is 0.387 e. The van der Waals surface area contributed by atoms with Gasteiger partial charge in [0.2, 0.25) is 0 Å². The van der Waals surface area contributed by atoms with E-state index in [2.05, 4.69) is 9.84 Å². The third-order valence-electron chi connectivity index (χ3n) is 4.22. The third-order valence-corrected chi connectivity index (χ3v) is 4.22. The number of rotatable bonds is 7. The summed E-state index contributed by atoms with van der Waals surface area (Å²) in [5.41, 5.74) is 1.49. The SMILES string of the molecule is COC(=O)c1cccc(Cn2nc(-c3ccc(OC)c(OC(F)F)c3)ccc2=O)c1. The van der Waals surface area contributed by atoms with Gasteiger partial charge in [-0.05, 0) is 42.0 Å². The highest BCUT2D eigenvalue weighted by atomic mass is 19.3. The molecule has 1 heterocycles. The van der Waals surface area contributed by atoms with E-state index in [9.17, 15) is 18.4 Å². The Bertz CT molecular complexity index is 1110. The van der Waals surface area contributed by atoms with Crippen molar-refractivity contribution in [1.82, 2.24) is 9.78 Å². The number of aromatic nitrogens is 2. The van der Waals surface area contributed by atoms with Gasteiger partial charge in [-0.15, -0.1) is 0 Å². The number of hydrogen-bond donors (Lipinski definition) is 0. The minimum Gasteiger partial charge on any atom is -0.493 e. The van der Waals surface area contributed by atoms with Gasteiger partial charge in [0.05, 0.1) is 32.0 Å². The Hall–Kier alpha value is -3.75. The van der Waals surface area contributed by atoms with Gasteiger partial charge in [-0.2, -0.15) is 13.9 Å². The van der Waals surface area contributed by atoms with E-state index in [0.717, 1.165) is 0 Å². The van der Waals surface area contributed by atoms with Gasteiger partial charge in [0.15, 0.2) is 11.5 Å². The summed E-state index contributed by atoms with van der Waals surface area (Å²) in [6, 6.07) is 13.9. The Morgan fingerprint density at radius 3 is 2.57 bits per heavy atom. The zero-order valence-corrected chi connectivity index (χ0v) is 16.2. The first kappa shape index (κ1) is 21.0. The maximum atomic E-state index is 12.7. The monoisotopic (exact) mass is 416 g/mol. The summed E-state index contributed by atoms with van der Waals surface area (Å²) in [5.74, 6) is -0.488. The second-order valence-corrected chi connectivity index (χ2v) is 6.15. The molecule has 2 aromatic carbocycles. The van der Waals surface area contributed by atoms with Crippen LogP contribution in [0.25, 0.3) is 11.3 Å². The first-order valence-corrected chi connectivity index (χ1v) is 8.80. The van der Waals surface area contributed by atoms with Crippen molar-refractivity contribution >= 4 is 5.97 Å². The summed E-state index contributed by atoms with van der Waals surface area (Å²) in [6.45, 7) is -2.91. The quantitative estimate of drug-likeness (QED) is 0.550. The number of carbonyl (C=O) groups excluding carboxylic acids is 1. The second-order valence-electron chi connectivity index (χ2n) is 6.15. The lowest BCUT2D eigenvalue weighted by molar-refractivity contribution is -0.0511. The summed E-state index contributed by atoms with van der Waals surface area (Å²) in [7, 11) is 2.62. The summed E-state index contributed by atoms with van der Waals surface area (Å²) >= 11 is 0. The van der Waals surface area contributed by atoms with Crippen LogP contribution in [0, 0.1) is 0 Å². The molecule has 0 saturated heterocycles. The highest BCUT2D eigenvalue weighted by Crippen LogP contribution is 2.32. The number of esters is 1. The van der Waals surface area contributed by atoms with Crippen LogP contribution in [0.5, 0.6) is 11.5 Å². The van der Waals surface area contributed by atoms with Crippen LogP contribution in [0.1, 0.15) is 15.9 Å². The first-order valence-electron chi connectivity index (χ1n) is 8.80. The van der Waals surface area contributed by atoms with Crippen LogP contribution in [-0.2, 0) is 11.3 Å². The number of hydrogen-bond acceptors (Lipinski definition) is 6. The molecule has 3 rings (SSSR count). The summed E-state index contributed by atoms with van der Waals surface area (Å²) in [6.07, 6.45) is 0. The molecule has 0 bridgehead atoms. The minimum absolute atomic E-state index is 0.105. The fraction of sp³-hybridized carbons (Fsp3) is 0.190. The molecule has 7 nitrogen and oxygen atoms in total. The molecule has 0 fully saturated rings. The van der Waals surface area contributed by atoms with Crippen molar-refractivity contribution in [2.75, 3.05) is 14.2 Å². The Morgan fingerprint density at radius 2 is 1.87 bits per heavy atom. The predicted molar refractivity (Wildman–Crippen MR) is 104 cm³/mol. The zero-order valence-electron chi connectivity index (χ0n) is 16.2. The molecule has 0 aliphatic carbocycles. The van der Waals surface area contributed by atoms with Gasteiger partial charge < -0.3 is 14.2 Å². The lowest BCUT2D eigenvalue weighted by Crippen LogP contribution is -2.23. The van der Waals surface area contributed by atoms with Crippen molar-refractivity contribution in [2.24, 2.45) is 0 Å². The maximum Gasteiger partial charge on any atom is 0.387 e. The van der Waals surface area contributed by atoms with E-state index < -0.39 is 12.6 Å². The Kier molecular flexibility index (Phi) is 6.41. The number of benzene rings is 2. The lowest BCUT2D eigenvalue weighted by atomic mass is 10.1. The van der Waals surface area contributed by atoms with E-state index in [0.29, 0.717) is 22.4 Å². The van der Waals surface area contributed by atoms with Crippen molar-refractivity contribution in [3.8, 4) is 22.8 Å². The van der Waals surface area contributed by atoms with E-state index in [4.69, 9.17) is 9.47 Å². The molecule has 0 atom stereocenters. The average Bonchev–Trinajstić information content (AvgIpc) is 2.74. The van der Waals surface area contributed by atoms with Crippen LogP contribution in [0.15, 0.2) is 59.4 Å². The van der Waals surface area contributed by atoms with Crippen LogP contribution in [-0.4, -0.2) is 36.6 Å². The van der Waals surface area contributed by atoms with Crippen molar-refractivity contribution in [2.45, 2.75) is 13.2 Å². The highest BCUT2D eigenvalue weighted by Gasteiger charge is 2.14. The van der Waals surface area contributed by atoms with Crippen LogP contribution >= 0.6 is 0 Å². The average molecular weight is 416 g/mol. The first-order chi connectivity index (χ1) is 14.4. The van der Waals surface area contributed by atoms with Gasteiger partial charge in [0, 0.05) is 11.6 Å². The number of alkyl halides is 2. The molecule has 30 heavy (non-hydrogen) atoms. The molecular formula is C21H18F2N2O5. The Labute approximate surface area is 170 Å². The Morgan fingerprint density at radius 1 is 1.07 bits per heavy atom. The summed E-state index contributed by atoms with van der Waals surface area (Å²) in [4.78, 5) is 24.0. The predicted octanol–water partition coefficient (Wildman–Crippen LogP) is 3.36. The normalized spacial score (nSPS) is 10.7. The summed E-state index contributed by atoms with van der Waals surface area (Å²) < 4.78 is 40.8. The molecule has 0 radical (unpaired) electrons. The molecule has 0 amide bonds. The molecule has 0 spiro atoms. The number of halogens is 2. The van der Waals surface area contributed by atoms with Crippen LogP contribution in [0.2, 0.25) is 0 Å². The zero-order chi connectivity index (χ0) is 21.7. The van der Waals surface area contributed by atoms with E-state index in [1.807, 2.05) is 0 Å². The molecule has 0 aliphatic heterocycles. The second kappa shape index (κ2) is 9.17. The van der Waals surface area contributed by atoms with Gasteiger partial charge in [0.1, 0.15) is 0 Å². The van der Waals surface area contributed by atoms with Crippen LogP contribution in [0.3, 0.4) is 0 Å². The van der Waals surface area contributed by atoms with Crippen molar-refractivity contribution in [1.29, 1.82) is 0 Å². The Balaban J connectivity index is 1.94. The highest BCUT2D eigenvalue weighted by molar-refractivity contribution is 5.89. The molecule has 0 N–H and O–H groups in total. The topological polar surface area (TPSA) is 79.7 Å². The molecule has 0 unspecified atom stereocenters. The molecule has 0 aliphatic rings. The number of nitrogens with zero attached hydrogens (tertiary/aromatic N) is 2. The molecule has 9 heteroatoms. The molecular weight excluding hydrogens is 398 g/mol. The van der Waals surface area contributed by atoms with Crippen LogP contribution < -0.4 is 15.0 Å². The fourth-order valence-electron chi connectivity index (χ4n) is 2.83. The number of carbonyl (C=O) groups is 1. The molecule has 3 aromatic rings. The number of ether oxygens (including phenoxy) is 3. The lowest BCUT2D eigenvalue weighted by Gasteiger charge is -2.12. The van der Waals surface area contributed by atoms with Crippen molar-refractivity contribution in [3.05, 3.63) is 76.1 Å². The molecule has 156 valence electrons. The van der Waals surface area contributed by atoms with E-state index in [1.165, 1.54) is 43.2 Å². The summed E-state index contributed by atoms with van der Waals surface area (Å²) in [5, 5.41) is 4.31. The van der Waals surface area contributed by atoms with E-state index >= 15 is 0 Å². The maximum absolute atomic E-state index is 12.7. The van der Waals surface area contributed by atoms with Gasteiger partial charge in [-0.25, -0.2) is 9.48 Å². The number of methoxy groups -OCH3 is 2. The van der Waals surface area contributed by atoms with Gasteiger partial charge >= 0.3 is 12.6 Å². The van der Waals surface area contributed by atoms with E-state index in [1.54, 1.807) is 30.3 Å². The standard InChI is InChI=1S/C21H18F2N2O5/c1-28-17-8-6-14(11-18(17)30-21(22)23)16-7-9-19(26)25(24-16)12-13-4-3-5-15(10-13)20(27)29-2/h3-11,21H,12H2,1-2H3. The third kappa shape index (κ3) is 4.80. The van der Waals surface area contributed by atoms with Crippen LogP contribution in [0.4, 0.5) is 8.78 Å². The van der Waals surface area contributed by atoms with Gasteiger partial charge in [0.25, 0.3) is 5.56 Å². The largest absolute Gasteiger partial charge is 0.493 e. The van der Waals surface area contributed by atoms with Crippen molar-refractivity contribution in [3.63, 3.8) is 0 Å². The van der Waals surface area contributed by atoms with E-state index in [-0.39, 0.29) is 23.6 Å².